The number of hydrogen-bond donors (Lipinski definition) is 3. The number of nitrogens with one attached hydrogen (secondary N) is 2. The smallest absolute Gasteiger partial charge is 0.147 e. The monoisotopic (exact) mass is 196 g/mol. The number of nitrogens with zero attached hydrogens (tertiary/aromatic N) is 2. The summed E-state index contributed by atoms with van der Waals surface area (Å²) in [6.07, 6.45) is 3.25. The predicted molar refractivity (Wildman–Crippen MR) is 56.4 cm³/mol. The molecule has 14 heavy (non-hydrogen) atoms. The molecule has 0 aromatic carbocycles. The van der Waals surface area contributed by atoms with E-state index in [1.807, 2.05) is 0 Å². The van der Waals surface area contributed by atoms with Crippen molar-refractivity contribution in [2.24, 2.45) is 0 Å². The van der Waals surface area contributed by atoms with Gasteiger partial charge in [-0.3, -0.25) is 4.98 Å². The first kappa shape index (κ1) is 10.7. The van der Waals surface area contributed by atoms with E-state index in [2.05, 4.69) is 20.6 Å². The van der Waals surface area contributed by atoms with Gasteiger partial charge < -0.3 is 15.7 Å². The molecule has 0 unspecified atom stereocenters. The van der Waals surface area contributed by atoms with Crippen LogP contribution in [0.25, 0.3) is 0 Å². The van der Waals surface area contributed by atoms with E-state index in [4.69, 9.17) is 0 Å². The molecule has 1 aromatic heterocycles. The topological polar surface area (TPSA) is 70.1 Å². The Morgan fingerprint density at radius 3 is 2.57 bits per heavy atom. The Bertz CT molecular complexity index is 295. The van der Waals surface area contributed by atoms with Gasteiger partial charge in [0.25, 0.3) is 0 Å². The molecule has 1 aromatic rings. The summed E-state index contributed by atoms with van der Waals surface area (Å²) in [5.41, 5.74) is -0.753. The van der Waals surface area contributed by atoms with Crippen molar-refractivity contribution in [3.8, 4) is 0 Å². The third kappa shape index (κ3) is 3.57. The minimum Gasteiger partial charge on any atom is -0.389 e. The van der Waals surface area contributed by atoms with Crippen molar-refractivity contribution in [1.82, 2.24) is 9.97 Å². The molecule has 3 N–H and O–H groups in total. The highest BCUT2D eigenvalue weighted by Crippen LogP contribution is 2.07. The SMILES string of the molecule is CNc1cncc(NCC(C)(C)O)n1. The van der Waals surface area contributed by atoms with Crippen LogP contribution < -0.4 is 10.6 Å². The lowest BCUT2D eigenvalue weighted by Gasteiger charge is -2.17. The third-order valence-electron chi connectivity index (χ3n) is 1.59. The molecular formula is C9H16N4O. The van der Waals surface area contributed by atoms with E-state index in [-0.39, 0.29) is 0 Å². The lowest BCUT2D eigenvalue weighted by atomic mass is 10.1. The van der Waals surface area contributed by atoms with E-state index in [0.717, 1.165) is 0 Å². The van der Waals surface area contributed by atoms with Crippen molar-refractivity contribution < 1.29 is 5.11 Å². The van der Waals surface area contributed by atoms with Gasteiger partial charge in [-0.25, -0.2) is 4.98 Å². The van der Waals surface area contributed by atoms with Gasteiger partial charge in [-0.2, -0.15) is 0 Å². The zero-order valence-corrected chi connectivity index (χ0v) is 8.70. The van der Waals surface area contributed by atoms with Crippen molar-refractivity contribution in [3.63, 3.8) is 0 Å². The first-order valence-corrected chi connectivity index (χ1v) is 4.47. The second-order valence-corrected chi connectivity index (χ2v) is 3.71. The molecular weight excluding hydrogens is 180 g/mol. The van der Waals surface area contributed by atoms with E-state index >= 15 is 0 Å². The molecule has 0 saturated heterocycles. The molecule has 78 valence electrons. The average Bonchev–Trinajstić information content (AvgIpc) is 2.14. The van der Waals surface area contributed by atoms with E-state index in [0.29, 0.717) is 18.2 Å². The van der Waals surface area contributed by atoms with Gasteiger partial charge in [-0.15, -0.1) is 0 Å². The van der Waals surface area contributed by atoms with Crippen LogP contribution in [0.15, 0.2) is 12.4 Å². The summed E-state index contributed by atoms with van der Waals surface area (Å²) in [6, 6.07) is 0. The molecule has 0 saturated carbocycles. The lowest BCUT2D eigenvalue weighted by Crippen LogP contribution is -2.29. The second kappa shape index (κ2) is 4.23. The molecule has 0 atom stereocenters. The first-order valence-electron chi connectivity index (χ1n) is 4.47. The highest BCUT2D eigenvalue weighted by molar-refractivity contribution is 5.41. The van der Waals surface area contributed by atoms with Crippen LogP contribution >= 0.6 is 0 Å². The molecule has 0 bridgehead atoms. The molecule has 5 nitrogen and oxygen atoms in total. The molecule has 0 aliphatic rings. The molecule has 0 radical (unpaired) electrons. The highest BCUT2D eigenvalue weighted by Gasteiger charge is 2.11. The van der Waals surface area contributed by atoms with Crippen LogP contribution in [0, 0.1) is 0 Å². The quantitative estimate of drug-likeness (QED) is 0.661. The molecule has 1 heterocycles. The van der Waals surface area contributed by atoms with Crippen LogP contribution in [0.2, 0.25) is 0 Å². The van der Waals surface area contributed by atoms with Crippen molar-refractivity contribution in [1.29, 1.82) is 0 Å². The summed E-state index contributed by atoms with van der Waals surface area (Å²) in [5, 5.41) is 15.4. The van der Waals surface area contributed by atoms with Crippen molar-refractivity contribution in [2.45, 2.75) is 19.4 Å². The maximum atomic E-state index is 9.48. The van der Waals surface area contributed by atoms with Crippen molar-refractivity contribution >= 4 is 11.6 Å². The van der Waals surface area contributed by atoms with Crippen molar-refractivity contribution in [2.75, 3.05) is 24.2 Å². The van der Waals surface area contributed by atoms with Crippen LogP contribution in [0.5, 0.6) is 0 Å². The number of hydrogen-bond acceptors (Lipinski definition) is 5. The zero-order chi connectivity index (χ0) is 10.6. The fourth-order valence-corrected chi connectivity index (χ4v) is 0.878. The van der Waals surface area contributed by atoms with Gasteiger partial charge in [0, 0.05) is 13.6 Å². The Balaban J connectivity index is 2.59. The fourth-order valence-electron chi connectivity index (χ4n) is 0.878. The van der Waals surface area contributed by atoms with Gasteiger partial charge in [0.1, 0.15) is 11.6 Å². The molecule has 0 fully saturated rings. The predicted octanol–water partition coefficient (Wildman–Crippen LogP) is 0.701. The molecule has 0 aliphatic heterocycles. The lowest BCUT2D eigenvalue weighted by molar-refractivity contribution is 0.0944. The normalized spacial score (nSPS) is 11.1. The van der Waals surface area contributed by atoms with E-state index < -0.39 is 5.60 Å². The van der Waals surface area contributed by atoms with E-state index in [9.17, 15) is 5.11 Å². The van der Waals surface area contributed by atoms with Crippen LogP contribution in [0.1, 0.15) is 13.8 Å². The molecule has 0 amide bonds. The molecule has 5 heteroatoms. The second-order valence-electron chi connectivity index (χ2n) is 3.71. The summed E-state index contributed by atoms with van der Waals surface area (Å²) >= 11 is 0. The summed E-state index contributed by atoms with van der Waals surface area (Å²) in [4.78, 5) is 8.19. The Morgan fingerprint density at radius 1 is 1.36 bits per heavy atom. The van der Waals surface area contributed by atoms with E-state index in [1.165, 1.54) is 0 Å². The number of rotatable bonds is 4. The molecule has 0 aliphatic carbocycles. The van der Waals surface area contributed by atoms with Crippen LogP contribution in [0.3, 0.4) is 0 Å². The average molecular weight is 196 g/mol. The summed E-state index contributed by atoms with van der Waals surface area (Å²) in [6.45, 7) is 3.90. The van der Waals surface area contributed by atoms with Gasteiger partial charge in [0.15, 0.2) is 0 Å². The maximum Gasteiger partial charge on any atom is 0.147 e. The number of aliphatic hydroxyl groups is 1. The molecule has 0 spiro atoms. The fraction of sp³-hybridized carbons (Fsp3) is 0.556. The Kier molecular flexibility index (Phi) is 3.24. The zero-order valence-electron chi connectivity index (χ0n) is 8.70. The van der Waals surface area contributed by atoms with Crippen LogP contribution in [-0.4, -0.2) is 34.3 Å². The first-order chi connectivity index (χ1) is 6.51. The van der Waals surface area contributed by atoms with Gasteiger partial charge in [0.05, 0.1) is 18.0 Å². The van der Waals surface area contributed by atoms with E-state index in [1.54, 1.807) is 33.3 Å². The number of aromatic nitrogens is 2. The van der Waals surface area contributed by atoms with Gasteiger partial charge in [0.2, 0.25) is 0 Å². The van der Waals surface area contributed by atoms with Crippen LogP contribution in [0.4, 0.5) is 11.6 Å². The standard InChI is InChI=1S/C9H16N4O/c1-9(2,14)6-12-8-5-11-4-7(10-3)13-8/h4-5,14H,6H2,1-3H3,(H2,10,12,13). The Hall–Kier alpha value is -1.36. The summed E-state index contributed by atoms with van der Waals surface area (Å²) in [7, 11) is 1.78. The Labute approximate surface area is 83.6 Å². The summed E-state index contributed by atoms with van der Waals surface area (Å²) < 4.78 is 0. The van der Waals surface area contributed by atoms with Gasteiger partial charge in [-0.1, -0.05) is 0 Å². The van der Waals surface area contributed by atoms with Gasteiger partial charge in [-0.05, 0) is 13.8 Å². The Morgan fingerprint density at radius 2 is 2.00 bits per heavy atom. The minimum atomic E-state index is -0.753. The number of anilines is 2. The summed E-state index contributed by atoms with van der Waals surface area (Å²) in [5.74, 6) is 1.35. The highest BCUT2D eigenvalue weighted by atomic mass is 16.3. The van der Waals surface area contributed by atoms with Crippen LogP contribution in [-0.2, 0) is 0 Å². The van der Waals surface area contributed by atoms with Gasteiger partial charge >= 0.3 is 0 Å². The van der Waals surface area contributed by atoms with Crippen molar-refractivity contribution in [3.05, 3.63) is 12.4 Å². The largest absolute Gasteiger partial charge is 0.389 e. The minimum absolute atomic E-state index is 0.439. The third-order valence-corrected chi connectivity index (χ3v) is 1.59. The maximum absolute atomic E-state index is 9.48. The molecule has 1 rings (SSSR count).